The van der Waals surface area contributed by atoms with E-state index < -0.39 is 11.8 Å². The van der Waals surface area contributed by atoms with Gasteiger partial charge in [-0.3, -0.25) is 4.90 Å². The van der Waals surface area contributed by atoms with Crippen LogP contribution in [0.2, 0.25) is 0 Å². The topological polar surface area (TPSA) is 102 Å². The monoisotopic (exact) mass is 448 g/mol. The zero-order valence-corrected chi connectivity index (χ0v) is 18.8. The third kappa shape index (κ3) is 3.74. The fraction of sp³-hybridized carbons (Fsp3) is 0.391. The number of hydrogen-bond acceptors (Lipinski definition) is 6. The molecule has 9 nitrogen and oxygen atoms in total. The molecular weight excluding hydrogens is 423 g/mol. The van der Waals surface area contributed by atoms with Crippen molar-refractivity contribution in [3.63, 3.8) is 0 Å². The van der Waals surface area contributed by atoms with Crippen LogP contribution in [0.4, 0.5) is 26.4 Å². The lowest BCUT2D eigenvalue weighted by Crippen LogP contribution is -2.57. The van der Waals surface area contributed by atoms with Crippen LogP contribution in [0, 0.1) is 24.1 Å². The number of rotatable bonds is 2. The van der Waals surface area contributed by atoms with E-state index in [2.05, 4.69) is 45.4 Å². The van der Waals surface area contributed by atoms with E-state index in [9.17, 15) is 14.4 Å². The maximum absolute atomic E-state index is 14.6. The molecule has 2 amide bonds. The zero-order valence-electron chi connectivity index (χ0n) is 18.8. The van der Waals surface area contributed by atoms with Gasteiger partial charge in [-0.1, -0.05) is 0 Å². The third-order valence-corrected chi connectivity index (χ3v) is 6.13. The van der Waals surface area contributed by atoms with Gasteiger partial charge in [0, 0.05) is 61.9 Å². The molecule has 1 fully saturated rings. The summed E-state index contributed by atoms with van der Waals surface area (Å²) in [6.45, 7) is 8.77. The van der Waals surface area contributed by atoms with Crippen molar-refractivity contribution in [1.82, 2.24) is 19.7 Å². The minimum atomic E-state index is -0.558. The largest absolute Gasteiger partial charge is 0.367 e. The van der Waals surface area contributed by atoms with E-state index in [1.165, 1.54) is 23.4 Å². The summed E-state index contributed by atoms with van der Waals surface area (Å²) in [7, 11) is 0. The van der Waals surface area contributed by atoms with Gasteiger partial charge in [-0.05, 0) is 27.2 Å². The number of urea groups is 1. The van der Waals surface area contributed by atoms with E-state index in [0.29, 0.717) is 30.0 Å². The molecule has 170 valence electrons. The molecule has 2 aliphatic rings. The molecule has 0 atom stereocenters. The summed E-state index contributed by atoms with van der Waals surface area (Å²) in [5.74, 6) is -0.0461. The smallest absolute Gasteiger partial charge is 0.327 e. The lowest BCUT2D eigenvalue weighted by Gasteiger charge is -2.41. The first-order chi connectivity index (χ1) is 15.8. The Morgan fingerprint density at radius 2 is 2.15 bits per heavy atom. The molecule has 2 aliphatic heterocycles. The number of pyridine rings is 2. The first kappa shape index (κ1) is 21.2. The SMILES string of the molecule is Cc1cn2cc(NC(=O)N3CCc4c3ncc(C#N)c4N3CCNC(C)(C)C3)c(F)cc2n1. The number of imidazole rings is 1. The molecule has 5 rings (SSSR count). The number of amides is 2. The van der Waals surface area contributed by atoms with Gasteiger partial charge in [-0.2, -0.15) is 5.26 Å². The molecule has 3 aromatic heterocycles. The fourth-order valence-electron chi connectivity index (χ4n) is 4.71. The highest BCUT2D eigenvalue weighted by Gasteiger charge is 2.34. The average Bonchev–Trinajstić information content (AvgIpc) is 3.34. The number of nitriles is 1. The number of fused-ring (bicyclic) bond motifs is 2. The maximum Gasteiger partial charge on any atom is 0.327 e. The molecule has 0 aliphatic carbocycles. The van der Waals surface area contributed by atoms with Crippen molar-refractivity contribution in [3.8, 4) is 6.07 Å². The lowest BCUT2D eigenvalue weighted by atomic mass is 9.99. The number of carbonyl (C=O) groups is 1. The van der Waals surface area contributed by atoms with Gasteiger partial charge in [0.05, 0.1) is 22.6 Å². The minimum absolute atomic E-state index is 0.0658. The number of carbonyl (C=O) groups excluding carboxylic acids is 1. The van der Waals surface area contributed by atoms with Crippen molar-refractivity contribution < 1.29 is 9.18 Å². The summed E-state index contributed by atoms with van der Waals surface area (Å²) in [5.41, 5.74) is 3.42. The Bertz CT molecular complexity index is 1310. The number of anilines is 3. The van der Waals surface area contributed by atoms with Crippen molar-refractivity contribution in [1.29, 1.82) is 5.26 Å². The third-order valence-electron chi connectivity index (χ3n) is 6.13. The minimum Gasteiger partial charge on any atom is -0.367 e. The number of hydrogen-bond donors (Lipinski definition) is 2. The van der Waals surface area contributed by atoms with Crippen LogP contribution in [-0.2, 0) is 6.42 Å². The highest BCUT2D eigenvalue weighted by Crippen LogP contribution is 2.37. The number of aryl methyl sites for hydroxylation is 1. The van der Waals surface area contributed by atoms with Crippen LogP contribution in [0.25, 0.3) is 5.65 Å². The first-order valence-corrected chi connectivity index (χ1v) is 10.9. The maximum atomic E-state index is 14.6. The van der Waals surface area contributed by atoms with E-state index in [1.54, 1.807) is 10.6 Å². The van der Waals surface area contributed by atoms with Gasteiger partial charge in [0.1, 0.15) is 17.5 Å². The summed E-state index contributed by atoms with van der Waals surface area (Å²) in [5, 5.41) is 15.9. The molecule has 5 heterocycles. The van der Waals surface area contributed by atoms with Crippen LogP contribution >= 0.6 is 0 Å². The molecule has 1 saturated heterocycles. The molecule has 0 aromatic carbocycles. The first-order valence-electron chi connectivity index (χ1n) is 10.9. The van der Waals surface area contributed by atoms with E-state index in [1.807, 2.05) is 6.92 Å². The van der Waals surface area contributed by atoms with Gasteiger partial charge in [0.25, 0.3) is 0 Å². The van der Waals surface area contributed by atoms with Gasteiger partial charge in [0.15, 0.2) is 5.82 Å². The molecule has 33 heavy (non-hydrogen) atoms. The Morgan fingerprint density at radius 1 is 1.33 bits per heavy atom. The van der Waals surface area contributed by atoms with Crippen LogP contribution in [0.15, 0.2) is 24.7 Å². The van der Waals surface area contributed by atoms with Crippen LogP contribution in [-0.4, -0.2) is 52.1 Å². The second kappa shape index (κ2) is 7.71. The Balaban J connectivity index is 1.46. The number of nitrogens with one attached hydrogen (secondary N) is 2. The Morgan fingerprint density at radius 3 is 2.91 bits per heavy atom. The van der Waals surface area contributed by atoms with E-state index in [-0.39, 0.29) is 11.2 Å². The molecule has 0 spiro atoms. The number of halogens is 1. The van der Waals surface area contributed by atoms with Crippen LogP contribution < -0.4 is 20.4 Å². The average molecular weight is 449 g/mol. The van der Waals surface area contributed by atoms with Gasteiger partial charge in [0.2, 0.25) is 0 Å². The van der Waals surface area contributed by atoms with Crippen LogP contribution in [0.3, 0.4) is 0 Å². The Labute approximate surface area is 190 Å². The van der Waals surface area contributed by atoms with Gasteiger partial charge in [-0.25, -0.2) is 19.2 Å². The highest BCUT2D eigenvalue weighted by molar-refractivity contribution is 6.03. The summed E-state index contributed by atoms with van der Waals surface area (Å²) in [6.07, 6.45) is 5.38. The molecule has 0 unspecified atom stereocenters. The number of piperazine rings is 1. The number of nitrogens with zero attached hydrogens (tertiary/aromatic N) is 6. The predicted octanol–water partition coefficient (Wildman–Crippen LogP) is 2.83. The summed E-state index contributed by atoms with van der Waals surface area (Å²) in [4.78, 5) is 25.5. The van der Waals surface area contributed by atoms with Crippen molar-refractivity contribution in [2.45, 2.75) is 32.7 Å². The summed E-state index contributed by atoms with van der Waals surface area (Å²) < 4.78 is 16.3. The molecule has 10 heteroatoms. The predicted molar refractivity (Wildman–Crippen MR) is 123 cm³/mol. The standard InChI is InChI=1S/C23H25FN8O/c1-14-11-31-12-18(17(24)8-19(31)28-14)29-22(33)32-6-4-16-20(15(9-25)10-26-21(16)32)30-7-5-27-23(2,3)13-30/h8,10-12,27H,4-7,13H2,1-3H3,(H,29,33). The van der Waals surface area contributed by atoms with E-state index in [0.717, 1.165) is 36.6 Å². The Kier molecular flexibility index (Phi) is 4.94. The molecule has 0 bridgehead atoms. The normalized spacial score (nSPS) is 17.2. The van der Waals surface area contributed by atoms with Crippen molar-refractivity contribution in [2.75, 3.05) is 41.3 Å². The van der Waals surface area contributed by atoms with Crippen molar-refractivity contribution >= 4 is 28.9 Å². The van der Waals surface area contributed by atoms with Gasteiger partial charge in [-0.15, -0.1) is 0 Å². The van der Waals surface area contributed by atoms with Crippen LogP contribution in [0.1, 0.15) is 30.7 Å². The van der Waals surface area contributed by atoms with Crippen molar-refractivity contribution in [2.24, 2.45) is 0 Å². The van der Waals surface area contributed by atoms with Gasteiger partial charge >= 0.3 is 6.03 Å². The molecule has 0 radical (unpaired) electrons. The number of aromatic nitrogens is 3. The fourth-order valence-corrected chi connectivity index (χ4v) is 4.71. The Hall–Kier alpha value is -3.71. The second-order valence-electron chi connectivity index (χ2n) is 9.18. The van der Waals surface area contributed by atoms with E-state index in [4.69, 9.17) is 0 Å². The van der Waals surface area contributed by atoms with E-state index >= 15 is 0 Å². The molecule has 0 saturated carbocycles. The quantitative estimate of drug-likeness (QED) is 0.625. The van der Waals surface area contributed by atoms with Gasteiger partial charge < -0.3 is 19.9 Å². The summed E-state index contributed by atoms with van der Waals surface area (Å²) >= 11 is 0. The molecule has 3 aromatic rings. The van der Waals surface area contributed by atoms with Crippen LogP contribution in [0.5, 0.6) is 0 Å². The van der Waals surface area contributed by atoms with Crippen molar-refractivity contribution in [3.05, 3.63) is 47.3 Å². The highest BCUT2D eigenvalue weighted by atomic mass is 19.1. The summed E-state index contributed by atoms with van der Waals surface area (Å²) in [6, 6.07) is 3.09. The second-order valence-corrected chi connectivity index (χ2v) is 9.18. The lowest BCUT2D eigenvalue weighted by molar-refractivity contribution is 0.257. The molecular formula is C23H25FN8O. The zero-order chi connectivity index (χ0) is 23.3. The molecule has 2 N–H and O–H groups in total.